The molecule has 0 aromatic heterocycles. The van der Waals surface area contributed by atoms with Crippen LogP contribution in [0.5, 0.6) is 46.0 Å². The third kappa shape index (κ3) is 6.54. The molecule has 6 atom stereocenters. The Morgan fingerprint density at radius 3 is 1.82 bits per heavy atom. The lowest BCUT2D eigenvalue weighted by Gasteiger charge is -2.48. The lowest BCUT2D eigenvalue weighted by molar-refractivity contribution is -0.954. The number of fused-ring (bicyclic) bond motifs is 2. The Bertz CT molecular complexity index is 2170. The molecule has 0 spiro atoms. The van der Waals surface area contributed by atoms with Gasteiger partial charge in [-0.15, -0.1) is 0 Å². The number of aliphatic carboxylic acids is 2. The zero-order valence-corrected chi connectivity index (χ0v) is 33.4. The van der Waals surface area contributed by atoms with E-state index in [4.69, 9.17) is 28.4 Å². The van der Waals surface area contributed by atoms with Gasteiger partial charge in [-0.2, -0.15) is 0 Å². The van der Waals surface area contributed by atoms with Crippen LogP contribution < -0.4 is 28.4 Å². The van der Waals surface area contributed by atoms with Crippen LogP contribution in [0, 0.1) is 0 Å². The molecule has 8 rings (SSSR count). The number of ether oxygens (including phenoxy) is 6. The molecule has 0 radical (unpaired) electrons. The lowest BCUT2D eigenvalue weighted by atomic mass is 9.84. The van der Waals surface area contributed by atoms with Crippen LogP contribution in [0.3, 0.4) is 0 Å². The summed E-state index contributed by atoms with van der Waals surface area (Å²) in [4.78, 5) is 25.6. The number of methoxy groups -OCH3 is 4. The number of benzene rings is 4. The summed E-state index contributed by atoms with van der Waals surface area (Å²) in [6.45, 7) is 4.70. The summed E-state index contributed by atoms with van der Waals surface area (Å²) in [5.41, 5.74) is 5.74. The zero-order chi connectivity index (χ0) is 40.1. The highest BCUT2D eigenvalue weighted by molar-refractivity contribution is 5.72. The van der Waals surface area contributed by atoms with Gasteiger partial charge in [0.1, 0.15) is 17.8 Å². The van der Waals surface area contributed by atoms with Gasteiger partial charge in [-0.25, -0.2) is 9.59 Å². The van der Waals surface area contributed by atoms with Crippen molar-refractivity contribution < 1.29 is 57.2 Å². The minimum Gasteiger partial charge on any atom is -0.493 e. The number of carbonyl (C=O) groups is 2. The Morgan fingerprint density at radius 1 is 0.661 bits per heavy atom. The van der Waals surface area contributed by atoms with Gasteiger partial charge in [0.2, 0.25) is 5.75 Å². The number of carboxylic acid groups (broad SMARTS) is 2. The summed E-state index contributed by atoms with van der Waals surface area (Å²) in [7, 11) is 10.4. The van der Waals surface area contributed by atoms with Gasteiger partial charge in [-0.05, 0) is 78.6 Å². The Labute approximate surface area is 327 Å². The van der Waals surface area contributed by atoms with Gasteiger partial charge in [0.25, 0.3) is 0 Å². The van der Waals surface area contributed by atoms with E-state index in [0.717, 1.165) is 33.4 Å². The molecule has 12 heteroatoms. The van der Waals surface area contributed by atoms with Crippen LogP contribution in [0.15, 0.2) is 60.7 Å². The van der Waals surface area contributed by atoms with E-state index < -0.39 is 30.1 Å². The van der Waals surface area contributed by atoms with Crippen molar-refractivity contribution in [3.8, 4) is 46.0 Å². The Hall–Kier alpha value is -5.46. The fraction of sp³-hybridized carbons (Fsp3) is 0.409. The van der Waals surface area contributed by atoms with E-state index in [1.54, 1.807) is 42.3 Å². The Kier molecular flexibility index (Phi) is 10.3. The third-order valence-electron chi connectivity index (χ3n) is 13.0. The fourth-order valence-corrected chi connectivity index (χ4v) is 9.10. The molecule has 6 unspecified atom stereocenters. The van der Waals surface area contributed by atoms with Crippen LogP contribution in [-0.4, -0.2) is 98.8 Å². The third-order valence-corrected chi connectivity index (χ3v) is 13.0. The van der Waals surface area contributed by atoms with Gasteiger partial charge in [0, 0.05) is 31.2 Å². The topological polar surface area (TPSA) is 130 Å². The summed E-state index contributed by atoms with van der Waals surface area (Å²) in [6.07, 6.45) is 2.19. The second kappa shape index (κ2) is 14.9. The summed E-state index contributed by atoms with van der Waals surface area (Å²) >= 11 is 0. The Balaban J connectivity index is 1.54. The van der Waals surface area contributed by atoms with E-state index in [1.165, 1.54) is 0 Å². The molecule has 0 saturated carbocycles. The van der Waals surface area contributed by atoms with Crippen molar-refractivity contribution in [2.24, 2.45) is 0 Å². The predicted molar refractivity (Wildman–Crippen MR) is 209 cm³/mol. The molecule has 0 aliphatic carbocycles. The maximum Gasteiger partial charge on any atom is 0.362 e. The quantitative estimate of drug-likeness (QED) is 0.179. The molecule has 0 saturated heterocycles. The molecule has 4 aliphatic heterocycles. The summed E-state index contributed by atoms with van der Waals surface area (Å²) in [5.74, 6) is 2.15. The van der Waals surface area contributed by atoms with Crippen molar-refractivity contribution in [1.82, 2.24) is 0 Å². The van der Waals surface area contributed by atoms with Gasteiger partial charge in [0.15, 0.2) is 46.6 Å². The minimum absolute atomic E-state index is 0.185. The zero-order valence-electron chi connectivity index (χ0n) is 33.4. The molecule has 4 aromatic rings. The van der Waals surface area contributed by atoms with Crippen LogP contribution in [-0.2, 0) is 35.3 Å². The first-order valence-electron chi connectivity index (χ1n) is 19.0. The van der Waals surface area contributed by atoms with Crippen molar-refractivity contribution >= 4 is 11.9 Å². The van der Waals surface area contributed by atoms with Gasteiger partial charge >= 0.3 is 11.9 Å². The van der Waals surface area contributed by atoms with Gasteiger partial charge < -0.3 is 47.6 Å². The normalized spacial score (nSPS) is 23.5. The summed E-state index contributed by atoms with van der Waals surface area (Å²) in [5, 5.41) is 20.9. The average molecular weight is 769 g/mol. The smallest absolute Gasteiger partial charge is 0.362 e. The first-order chi connectivity index (χ1) is 26.8. The van der Waals surface area contributed by atoms with Crippen LogP contribution in [0.2, 0.25) is 0 Å². The highest BCUT2D eigenvalue weighted by atomic mass is 16.5. The van der Waals surface area contributed by atoms with Crippen LogP contribution >= 0.6 is 0 Å². The van der Waals surface area contributed by atoms with Crippen molar-refractivity contribution in [2.45, 2.75) is 63.7 Å². The number of rotatable bonds is 8. The van der Waals surface area contributed by atoms with Crippen molar-refractivity contribution in [3.05, 3.63) is 94.0 Å². The molecule has 12 nitrogen and oxygen atoms in total. The van der Waals surface area contributed by atoms with E-state index in [-0.39, 0.29) is 15.0 Å². The number of hydrogen-bond donors (Lipinski definition) is 2. The molecule has 0 amide bonds. The molecule has 4 heterocycles. The maximum atomic E-state index is 12.9. The highest BCUT2D eigenvalue weighted by Crippen LogP contribution is 2.54. The molecule has 0 fully saturated rings. The fourth-order valence-electron chi connectivity index (χ4n) is 9.10. The van der Waals surface area contributed by atoms with E-state index >= 15 is 0 Å². The number of hydrogen-bond acceptors (Lipinski definition) is 8. The van der Waals surface area contributed by atoms with Crippen molar-refractivity contribution in [2.75, 3.05) is 55.6 Å². The van der Waals surface area contributed by atoms with Gasteiger partial charge in [-0.1, -0.05) is 18.2 Å². The van der Waals surface area contributed by atoms with Gasteiger partial charge in [0.05, 0.1) is 61.2 Å². The van der Waals surface area contributed by atoms with Crippen LogP contribution in [0.1, 0.15) is 59.3 Å². The molecule has 296 valence electrons. The van der Waals surface area contributed by atoms with E-state index in [9.17, 15) is 19.8 Å². The van der Waals surface area contributed by atoms with Crippen LogP contribution in [0.25, 0.3) is 0 Å². The number of carboxylic acids is 2. The summed E-state index contributed by atoms with van der Waals surface area (Å²) in [6, 6.07) is 17.5. The van der Waals surface area contributed by atoms with Crippen LogP contribution in [0.4, 0.5) is 0 Å². The molecule has 4 aromatic carbocycles. The predicted octanol–water partition coefficient (Wildman–Crippen LogP) is 7.14. The number of quaternary nitrogens is 2. The summed E-state index contributed by atoms with van der Waals surface area (Å²) < 4.78 is 37.8. The van der Waals surface area contributed by atoms with E-state index in [1.807, 2.05) is 74.8 Å². The van der Waals surface area contributed by atoms with Crippen molar-refractivity contribution in [3.63, 3.8) is 0 Å². The Morgan fingerprint density at radius 2 is 1.21 bits per heavy atom. The number of nitrogens with zero attached hydrogens (tertiary/aromatic N) is 2. The van der Waals surface area contributed by atoms with E-state index in [2.05, 4.69) is 0 Å². The molecular formula is C44H52N2O10+2. The molecule has 2 N–H and O–H groups in total. The lowest BCUT2D eigenvalue weighted by Crippen LogP contribution is -2.59. The maximum absolute atomic E-state index is 12.9. The first kappa shape index (κ1) is 38.8. The SMILES string of the molecule is COc1ccc2cc1Oc1ccc(cc1)CC1c3cc(c(OC)cc3CC[N+]1(C)C(C)C(=O)O)Oc1c(OC)c(OC)cc3c1C(C2)[N+](C)(C(C)C(=O)O)CC3. The average Bonchev–Trinajstić information content (AvgIpc) is 3.19. The molecule has 56 heavy (non-hydrogen) atoms. The van der Waals surface area contributed by atoms with E-state index in [0.29, 0.717) is 84.8 Å². The molecular weight excluding hydrogens is 716 g/mol. The first-order valence-corrected chi connectivity index (χ1v) is 19.0. The molecule has 6 bridgehead atoms. The highest BCUT2D eigenvalue weighted by Gasteiger charge is 2.49. The largest absolute Gasteiger partial charge is 0.493 e. The molecule has 4 aliphatic rings. The van der Waals surface area contributed by atoms with Crippen molar-refractivity contribution in [1.29, 1.82) is 0 Å². The number of likely N-dealkylation sites (N-methyl/N-ethyl adjacent to an activating group) is 2. The second-order valence-corrected chi connectivity index (χ2v) is 15.7. The monoisotopic (exact) mass is 768 g/mol. The standard InChI is InChI=1S/C44H50N2O10/c1-25(43(47)48)45(3)17-15-29-22-36(52-6)38-24-32(29)33(45)19-27-9-12-31(13-10-27)55-37-21-28(11-14-35(37)51-5)20-34-40-30(16-18-46(34,4)26(2)44(49)50)23-39(53-7)41(54-8)42(40)56-38/h9-14,21-26,33-34H,15-20H2,1-8H3/p+2. The van der Waals surface area contributed by atoms with Gasteiger partial charge in [-0.3, -0.25) is 0 Å². The minimum atomic E-state index is -0.903. The second-order valence-electron chi connectivity index (χ2n) is 15.7.